The Labute approximate surface area is 82.5 Å². The minimum atomic E-state index is -1.83. The van der Waals surface area contributed by atoms with Crippen LogP contribution in [-0.2, 0) is 15.0 Å². The minimum absolute atomic E-state index is 0. The number of carboxylic acid groups (broad SMARTS) is 2. The molecular weight excluding hydrogens is 228 g/mol. The largest absolute Gasteiger partial charge is 0.503 e. The molecule has 0 aromatic carbocycles. The Balaban J connectivity index is -0.0000000174. The fourth-order valence-electron chi connectivity index (χ4n) is 0. The van der Waals surface area contributed by atoms with E-state index in [1.54, 1.807) is 0 Å². The van der Waals surface area contributed by atoms with E-state index in [1.165, 1.54) is 0 Å². The van der Waals surface area contributed by atoms with Gasteiger partial charge in [-0.05, 0) is 0 Å². The lowest BCUT2D eigenvalue weighted by molar-refractivity contribution is -0.247. The highest BCUT2D eigenvalue weighted by Gasteiger charge is 1.70. The van der Waals surface area contributed by atoms with E-state index in [0.717, 1.165) is 0 Å². The van der Waals surface area contributed by atoms with Gasteiger partial charge in [-0.2, -0.15) is 17.7 Å². The highest BCUT2D eigenvalue weighted by Crippen LogP contribution is 1.42. The molecule has 0 atom stereocenters. The summed E-state index contributed by atoms with van der Waals surface area (Å²) in [6.07, 6.45) is -1.83. The van der Waals surface area contributed by atoms with Gasteiger partial charge in [0, 0.05) is 0 Å². The van der Waals surface area contributed by atoms with Gasteiger partial charge in [0.05, 0.1) is 0 Å². The van der Waals surface area contributed by atoms with Crippen molar-refractivity contribution in [2.75, 3.05) is 0 Å². The molecule has 0 heterocycles. The zero-order chi connectivity index (χ0) is 11.7. The maximum atomic E-state index is 8.56. The molecular formula is CH16N4O10. The van der Waals surface area contributed by atoms with Crippen molar-refractivity contribution in [1.82, 2.24) is 6.15 Å². The Morgan fingerprint density at radius 1 is 0.867 bits per heavy atom. The Bertz CT molecular complexity index is 61.7. The van der Waals surface area contributed by atoms with E-state index < -0.39 is 6.16 Å². The van der Waals surface area contributed by atoms with Crippen molar-refractivity contribution in [2.24, 2.45) is 17.7 Å². The lowest BCUT2D eigenvalue weighted by Gasteiger charge is -1.60. The molecule has 14 heteroatoms. The molecule has 100 valence electrons. The third-order valence-electron chi connectivity index (χ3n) is 0. The van der Waals surface area contributed by atoms with Gasteiger partial charge < -0.3 is 21.8 Å². The second-order valence-corrected chi connectivity index (χ2v) is 0.599. The summed E-state index contributed by atoms with van der Waals surface area (Å²) in [4.78, 5) is 16.8. The van der Waals surface area contributed by atoms with E-state index >= 15 is 0 Å². The maximum Gasteiger partial charge on any atom is 0.503 e. The molecule has 0 aliphatic rings. The molecule has 16 N–H and O–H groups in total. The Morgan fingerprint density at radius 2 is 0.867 bits per heavy atom. The third kappa shape index (κ3) is 1100. The first-order chi connectivity index (χ1) is 5.97. The van der Waals surface area contributed by atoms with Gasteiger partial charge in [-0.1, -0.05) is 0 Å². The van der Waals surface area contributed by atoms with Gasteiger partial charge >= 0.3 is 6.16 Å². The predicted octanol–water partition coefficient (Wildman–Crippen LogP) is -2.39. The summed E-state index contributed by atoms with van der Waals surface area (Å²) < 4.78 is 0. The lowest BCUT2D eigenvalue weighted by atomic mass is 11.5. The normalized spacial score (nSPS) is 5.20. The van der Waals surface area contributed by atoms with E-state index in [9.17, 15) is 0 Å². The monoisotopic (exact) mass is 244 g/mol. The standard InChI is InChI=1S/CH2O3.3H3NO2.H3N.H2O/c2-1(3)4;3*1-3-2;;/h(H2,2,3,4);3*2H,1H2;1H3;1H2. The molecule has 0 saturated carbocycles. The number of carbonyl (C=O) groups is 1. The second kappa shape index (κ2) is 77.0. The third-order valence-corrected chi connectivity index (χ3v) is 0. The van der Waals surface area contributed by atoms with Crippen LogP contribution in [0.5, 0.6) is 0 Å². The van der Waals surface area contributed by atoms with E-state index in [-0.39, 0.29) is 11.6 Å². The van der Waals surface area contributed by atoms with Crippen LogP contribution in [0.25, 0.3) is 0 Å². The van der Waals surface area contributed by atoms with Crippen molar-refractivity contribution >= 4 is 6.16 Å². The van der Waals surface area contributed by atoms with E-state index in [0.29, 0.717) is 0 Å². The molecule has 15 heavy (non-hydrogen) atoms. The zero-order valence-corrected chi connectivity index (χ0v) is 7.31. The second-order valence-electron chi connectivity index (χ2n) is 0.599. The first-order valence-corrected chi connectivity index (χ1v) is 1.91. The maximum absolute atomic E-state index is 8.56. The van der Waals surface area contributed by atoms with Gasteiger partial charge in [-0.25, -0.2) is 20.6 Å². The zero-order valence-electron chi connectivity index (χ0n) is 7.31. The Morgan fingerprint density at radius 3 is 0.867 bits per heavy atom. The average Bonchev–Trinajstić information content (AvgIpc) is 1.88. The summed E-state index contributed by atoms with van der Waals surface area (Å²) in [7, 11) is 0. The van der Waals surface area contributed by atoms with Crippen molar-refractivity contribution in [2.45, 2.75) is 0 Å². The van der Waals surface area contributed by atoms with Crippen LogP contribution in [0.1, 0.15) is 0 Å². The van der Waals surface area contributed by atoms with Crippen molar-refractivity contribution in [3.63, 3.8) is 0 Å². The van der Waals surface area contributed by atoms with Gasteiger partial charge in [-0.15, -0.1) is 15.0 Å². The SMILES string of the molecule is N.NOO.NOO.NOO.O.O=C(O)O. The van der Waals surface area contributed by atoms with Gasteiger partial charge in [0.25, 0.3) is 0 Å². The van der Waals surface area contributed by atoms with Crippen molar-refractivity contribution in [1.29, 1.82) is 0 Å². The smallest absolute Gasteiger partial charge is 0.450 e. The summed E-state index contributed by atoms with van der Waals surface area (Å²) in [6, 6.07) is 0. The quantitative estimate of drug-likeness (QED) is 0.159. The topological polar surface area (TPSA) is 290 Å². The lowest BCUT2D eigenvalue weighted by Crippen LogP contribution is -1.87. The molecule has 0 fully saturated rings. The van der Waals surface area contributed by atoms with Gasteiger partial charge in [0.15, 0.2) is 0 Å². The van der Waals surface area contributed by atoms with Crippen LogP contribution in [0.3, 0.4) is 0 Å². The van der Waals surface area contributed by atoms with Crippen LogP contribution in [0, 0.1) is 0 Å². The number of hydrogen-bond donors (Lipinski definition) is 9. The highest BCUT2D eigenvalue weighted by molar-refractivity contribution is 5.53. The van der Waals surface area contributed by atoms with Crippen LogP contribution >= 0.6 is 0 Å². The molecule has 0 aliphatic carbocycles. The van der Waals surface area contributed by atoms with Crippen LogP contribution in [-0.4, -0.2) is 37.6 Å². The van der Waals surface area contributed by atoms with E-state index in [1.807, 2.05) is 0 Å². The van der Waals surface area contributed by atoms with E-state index in [4.69, 9.17) is 30.8 Å². The molecule has 0 amide bonds. The van der Waals surface area contributed by atoms with Crippen molar-refractivity contribution in [3.05, 3.63) is 0 Å². The molecule has 0 rings (SSSR count). The molecule has 0 aromatic rings. The van der Waals surface area contributed by atoms with Gasteiger partial charge in [0.2, 0.25) is 0 Å². The minimum Gasteiger partial charge on any atom is -0.450 e. The molecule has 0 spiro atoms. The summed E-state index contributed by atoms with van der Waals surface area (Å²) >= 11 is 0. The van der Waals surface area contributed by atoms with Crippen LogP contribution in [0.2, 0.25) is 0 Å². The first-order valence-electron chi connectivity index (χ1n) is 1.91. The van der Waals surface area contributed by atoms with Crippen LogP contribution in [0.4, 0.5) is 4.79 Å². The summed E-state index contributed by atoms with van der Waals surface area (Å²) in [5, 5.41) is 34.5. The van der Waals surface area contributed by atoms with Gasteiger partial charge in [-0.3, -0.25) is 0 Å². The summed E-state index contributed by atoms with van der Waals surface area (Å²) in [6.45, 7) is 0. The first kappa shape index (κ1) is 37.1. The molecule has 0 aromatic heterocycles. The number of nitrogens with two attached hydrogens (primary N) is 3. The molecule has 14 nitrogen and oxygen atoms in total. The summed E-state index contributed by atoms with van der Waals surface area (Å²) in [5.74, 6) is 11.7. The van der Waals surface area contributed by atoms with Gasteiger partial charge in [0.1, 0.15) is 0 Å². The Kier molecular flexibility index (Phi) is 191. The Hall–Kier alpha value is -1.17. The van der Waals surface area contributed by atoms with Crippen molar-refractivity contribution in [3.8, 4) is 0 Å². The van der Waals surface area contributed by atoms with E-state index in [2.05, 4.69) is 32.7 Å². The predicted molar refractivity (Wildman–Crippen MR) is 43.0 cm³/mol. The van der Waals surface area contributed by atoms with Crippen LogP contribution in [0.15, 0.2) is 0 Å². The number of hydrogen-bond acceptors (Lipinski definition) is 11. The summed E-state index contributed by atoms with van der Waals surface area (Å²) in [5.41, 5.74) is 0. The molecule has 0 radical (unpaired) electrons. The van der Waals surface area contributed by atoms with Crippen molar-refractivity contribution < 1.29 is 51.2 Å². The molecule has 0 bridgehead atoms. The fourth-order valence-corrected chi connectivity index (χ4v) is 0. The average molecular weight is 244 g/mol. The fraction of sp³-hybridized carbons (Fsp3) is 0. The van der Waals surface area contributed by atoms with Crippen LogP contribution < -0.4 is 23.8 Å². The highest BCUT2D eigenvalue weighted by atomic mass is 17.2. The molecule has 0 unspecified atom stereocenters. The molecule has 0 saturated heterocycles. The number of rotatable bonds is 0. The molecule has 0 aliphatic heterocycles.